The molecule has 184 valence electrons. The first-order chi connectivity index (χ1) is 18.1. The standard InChI is InChI=1S/C29H24N4O3S/c1-36-23-14-12-21(13-15-23)24-17-26(22-10-6-3-7-11-22)31-29(25(24)18-30)37-19-28(35)33-32-27(34)16-20-8-4-2-5-9-20/h2-15,17H,16,19H2,1H3,(H,32,34)(H,33,35). The Morgan fingerprint density at radius 3 is 2.19 bits per heavy atom. The van der Waals surface area contributed by atoms with Crippen LogP contribution in [0.3, 0.4) is 0 Å². The van der Waals surface area contributed by atoms with E-state index in [0.29, 0.717) is 27.6 Å². The maximum atomic E-state index is 12.5. The molecule has 37 heavy (non-hydrogen) atoms. The van der Waals surface area contributed by atoms with Crippen molar-refractivity contribution in [2.24, 2.45) is 0 Å². The highest BCUT2D eigenvalue weighted by Crippen LogP contribution is 2.34. The maximum absolute atomic E-state index is 12.5. The fourth-order valence-electron chi connectivity index (χ4n) is 3.62. The number of methoxy groups -OCH3 is 1. The number of nitriles is 1. The van der Waals surface area contributed by atoms with Gasteiger partial charge in [0.25, 0.3) is 0 Å². The molecule has 3 aromatic carbocycles. The third kappa shape index (κ3) is 6.75. The first-order valence-corrected chi connectivity index (χ1v) is 12.5. The van der Waals surface area contributed by atoms with Crippen molar-refractivity contribution in [2.45, 2.75) is 11.4 Å². The number of carbonyl (C=O) groups is 2. The van der Waals surface area contributed by atoms with Crippen molar-refractivity contribution in [3.8, 4) is 34.2 Å². The molecule has 0 radical (unpaired) electrons. The Bertz CT molecular complexity index is 1420. The number of amides is 2. The summed E-state index contributed by atoms with van der Waals surface area (Å²) in [6.45, 7) is 0. The number of ether oxygens (including phenoxy) is 1. The topological polar surface area (TPSA) is 104 Å². The summed E-state index contributed by atoms with van der Waals surface area (Å²) in [5.74, 6) is -0.0604. The van der Waals surface area contributed by atoms with Crippen LogP contribution in [-0.2, 0) is 16.0 Å². The predicted molar refractivity (Wildman–Crippen MR) is 144 cm³/mol. The first kappa shape index (κ1) is 25.5. The molecule has 0 aliphatic heterocycles. The summed E-state index contributed by atoms with van der Waals surface area (Å²) >= 11 is 1.14. The molecule has 1 heterocycles. The molecule has 1 aromatic heterocycles. The van der Waals surface area contributed by atoms with E-state index < -0.39 is 5.91 Å². The number of hydrogen-bond donors (Lipinski definition) is 2. The fraction of sp³-hybridized carbons (Fsp3) is 0.103. The average Bonchev–Trinajstić information content (AvgIpc) is 2.95. The molecule has 8 heteroatoms. The smallest absolute Gasteiger partial charge is 0.248 e. The second-order valence-electron chi connectivity index (χ2n) is 7.99. The number of nitrogens with one attached hydrogen (secondary N) is 2. The van der Waals surface area contributed by atoms with Crippen LogP contribution in [0.4, 0.5) is 0 Å². The van der Waals surface area contributed by atoms with Crippen LogP contribution in [0.2, 0.25) is 0 Å². The minimum Gasteiger partial charge on any atom is -0.497 e. The quantitative estimate of drug-likeness (QED) is 0.262. The molecule has 0 atom stereocenters. The minimum atomic E-state index is -0.409. The molecule has 4 aromatic rings. The Hall–Kier alpha value is -4.61. The van der Waals surface area contributed by atoms with E-state index in [9.17, 15) is 14.9 Å². The van der Waals surface area contributed by atoms with Crippen molar-refractivity contribution in [3.05, 3.63) is 102 Å². The minimum absolute atomic E-state index is 0.0341. The third-order valence-electron chi connectivity index (χ3n) is 5.46. The number of benzene rings is 3. The highest BCUT2D eigenvalue weighted by Gasteiger charge is 2.17. The molecule has 0 bridgehead atoms. The van der Waals surface area contributed by atoms with E-state index in [1.807, 2.05) is 91.0 Å². The molecular weight excluding hydrogens is 484 g/mol. The SMILES string of the molecule is COc1ccc(-c2cc(-c3ccccc3)nc(SCC(=O)NNC(=O)Cc3ccccc3)c2C#N)cc1. The van der Waals surface area contributed by atoms with Gasteiger partial charge >= 0.3 is 0 Å². The fourth-order valence-corrected chi connectivity index (χ4v) is 4.43. The van der Waals surface area contributed by atoms with Crippen LogP contribution in [0.25, 0.3) is 22.4 Å². The van der Waals surface area contributed by atoms with Crippen molar-refractivity contribution in [1.29, 1.82) is 5.26 Å². The van der Waals surface area contributed by atoms with Crippen LogP contribution in [0.15, 0.2) is 96.0 Å². The van der Waals surface area contributed by atoms with Crippen molar-refractivity contribution in [1.82, 2.24) is 15.8 Å². The molecule has 4 rings (SSSR count). The van der Waals surface area contributed by atoms with E-state index >= 15 is 0 Å². The van der Waals surface area contributed by atoms with Crippen LogP contribution in [0.1, 0.15) is 11.1 Å². The molecule has 0 spiro atoms. The number of thioether (sulfide) groups is 1. The molecule has 0 fully saturated rings. The highest BCUT2D eigenvalue weighted by atomic mass is 32.2. The molecule has 2 amide bonds. The molecule has 0 aliphatic carbocycles. The number of aromatic nitrogens is 1. The zero-order valence-electron chi connectivity index (χ0n) is 20.1. The largest absolute Gasteiger partial charge is 0.497 e. The number of rotatable bonds is 8. The van der Waals surface area contributed by atoms with Gasteiger partial charge in [0.05, 0.1) is 30.5 Å². The summed E-state index contributed by atoms with van der Waals surface area (Å²) in [4.78, 5) is 29.3. The first-order valence-electron chi connectivity index (χ1n) is 11.5. The van der Waals surface area contributed by atoms with Gasteiger partial charge in [-0.25, -0.2) is 4.98 Å². The maximum Gasteiger partial charge on any atom is 0.248 e. The lowest BCUT2D eigenvalue weighted by molar-refractivity contribution is -0.127. The van der Waals surface area contributed by atoms with Crippen molar-refractivity contribution < 1.29 is 14.3 Å². The number of pyridine rings is 1. The molecule has 0 saturated carbocycles. The Labute approximate surface area is 219 Å². The second-order valence-corrected chi connectivity index (χ2v) is 8.95. The zero-order valence-corrected chi connectivity index (χ0v) is 20.9. The lowest BCUT2D eigenvalue weighted by Crippen LogP contribution is -2.43. The molecule has 0 unspecified atom stereocenters. The zero-order chi connectivity index (χ0) is 26.0. The van der Waals surface area contributed by atoms with Gasteiger partial charge in [-0.05, 0) is 29.3 Å². The number of hydrogen-bond acceptors (Lipinski definition) is 6. The Morgan fingerprint density at radius 1 is 0.892 bits per heavy atom. The van der Waals surface area contributed by atoms with Crippen LogP contribution in [-0.4, -0.2) is 29.7 Å². The summed E-state index contributed by atoms with van der Waals surface area (Å²) in [6, 6.07) is 30.4. The van der Waals surface area contributed by atoms with Gasteiger partial charge in [-0.3, -0.25) is 20.4 Å². The molecule has 0 aliphatic rings. The second kappa shape index (κ2) is 12.4. The number of carbonyl (C=O) groups excluding carboxylic acids is 2. The van der Waals surface area contributed by atoms with E-state index in [-0.39, 0.29) is 18.1 Å². The van der Waals surface area contributed by atoms with Crippen LogP contribution < -0.4 is 15.6 Å². The number of nitrogens with zero attached hydrogens (tertiary/aromatic N) is 2. The van der Waals surface area contributed by atoms with Crippen LogP contribution >= 0.6 is 11.8 Å². The molecule has 0 saturated heterocycles. The third-order valence-corrected chi connectivity index (χ3v) is 6.43. The average molecular weight is 509 g/mol. The van der Waals surface area contributed by atoms with Gasteiger partial charge in [-0.1, -0.05) is 84.6 Å². The summed E-state index contributed by atoms with van der Waals surface area (Å²) in [5, 5.41) is 10.4. The lowest BCUT2D eigenvalue weighted by Gasteiger charge is -2.13. The Morgan fingerprint density at radius 2 is 1.54 bits per heavy atom. The van der Waals surface area contributed by atoms with Crippen molar-refractivity contribution in [3.63, 3.8) is 0 Å². The summed E-state index contributed by atoms with van der Waals surface area (Å²) in [7, 11) is 1.60. The Kier molecular flexibility index (Phi) is 8.53. The van der Waals surface area contributed by atoms with E-state index in [0.717, 1.165) is 28.5 Å². The molecule has 2 N–H and O–H groups in total. The van der Waals surface area contributed by atoms with Gasteiger partial charge in [-0.2, -0.15) is 5.26 Å². The Balaban J connectivity index is 1.53. The van der Waals surface area contributed by atoms with Crippen LogP contribution in [0.5, 0.6) is 5.75 Å². The predicted octanol–water partition coefficient (Wildman–Crippen LogP) is 4.78. The van der Waals surface area contributed by atoms with Gasteiger partial charge in [0.2, 0.25) is 11.8 Å². The summed E-state index contributed by atoms with van der Waals surface area (Å²) < 4.78 is 5.26. The van der Waals surface area contributed by atoms with E-state index in [2.05, 4.69) is 16.9 Å². The monoisotopic (exact) mass is 508 g/mol. The lowest BCUT2D eigenvalue weighted by atomic mass is 9.99. The normalized spacial score (nSPS) is 10.3. The van der Waals surface area contributed by atoms with E-state index in [1.165, 1.54) is 0 Å². The van der Waals surface area contributed by atoms with E-state index in [4.69, 9.17) is 9.72 Å². The highest BCUT2D eigenvalue weighted by molar-refractivity contribution is 8.00. The van der Waals surface area contributed by atoms with Gasteiger partial charge in [-0.15, -0.1) is 0 Å². The van der Waals surface area contributed by atoms with Gasteiger partial charge in [0.15, 0.2) is 0 Å². The van der Waals surface area contributed by atoms with Crippen molar-refractivity contribution >= 4 is 23.6 Å². The van der Waals surface area contributed by atoms with Gasteiger partial charge in [0, 0.05) is 11.1 Å². The molecule has 7 nitrogen and oxygen atoms in total. The summed E-state index contributed by atoms with van der Waals surface area (Å²) in [6.07, 6.45) is 0.152. The van der Waals surface area contributed by atoms with Crippen molar-refractivity contribution in [2.75, 3.05) is 12.9 Å². The van der Waals surface area contributed by atoms with Gasteiger partial charge < -0.3 is 4.74 Å². The number of hydrazine groups is 1. The van der Waals surface area contributed by atoms with Gasteiger partial charge in [0.1, 0.15) is 16.8 Å². The summed E-state index contributed by atoms with van der Waals surface area (Å²) in [5.41, 5.74) is 9.19. The molecular formula is C29H24N4O3S. The van der Waals surface area contributed by atoms with Crippen LogP contribution in [0, 0.1) is 11.3 Å². The van der Waals surface area contributed by atoms with E-state index in [1.54, 1.807) is 7.11 Å².